The monoisotopic (exact) mass is 727 g/mol. The summed E-state index contributed by atoms with van der Waals surface area (Å²) in [6.07, 6.45) is 0. The van der Waals surface area contributed by atoms with Crippen LogP contribution < -0.4 is 4.90 Å². The second-order valence-corrected chi connectivity index (χ2v) is 14.9. The van der Waals surface area contributed by atoms with Gasteiger partial charge in [-0.2, -0.15) is 0 Å². The molecule has 3 nitrogen and oxygen atoms in total. The minimum absolute atomic E-state index is 0.856. The lowest BCUT2D eigenvalue weighted by molar-refractivity contribution is 0.669. The third kappa shape index (κ3) is 5.06. The first-order chi connectivity index (χ1) is 28.2. The molecule has 12 rings (SSSR count). The van der Waals surface area contributed by atoms with Gasteiger partial charge >= 0.3 is 0 Å². The molecule has 0 bridgehead atoms. The lowest BCUT2D eigenvalue weighted by Gasteiger charge is -2.26. The van der Waals surface area contributed by atoms with Crippen molar-refractivity contribution in [2.75, 3.05) is 4.90 Å². The number of rotatable bonds is 5. The zero-order valence-electron chi connectivity index (χ0n) is 30.8. The van der Waals surface area contributed by atoms with Crippen LogP contribution in [0.1, 0.15) is 0 Å². The number of anilines is 3. The Labute approximate surface area is 328 Å². The van der Waals surface area contributed by atoms with Gasteiger partial charge in [0.05, 0.1) is 0 Å². The molecular weight excluding hydrogens is 695 g/mol. The number of hydrogen-bond donors (Lipinski definition) is 0. The van der Waals surface area contributed by atoms with Crippen molar-refractivity contribution >= 4 is 93.3 Å². The Morgan fingerprint density at radius 1 is 0.281 bits per heavy atom. The Hall–Kier alpha value is -7.62. The van der Waals surface area contributed by atoms with Crippen LogP contribution in [0, 0.1) is 0 Å². The SMILES string of the molecule is c1ccc(-c2cc3oc4ccccc4c3c3cc(N(c4ccc(-c5ccc6ccc7ccccc7c6c5)cc4)c4ccc5c(c4)oc4ccccc45)ccc23)cc1. The van der Waals surface area contributed by atoms with Crippen molar-refractivity contribution in [2.45, 2.75) is 0 Å². The van der Waals surface area contributed by atoms with Crippen LogP contribution in [0.4, 0.5) is 17.1 Å². The van der Waals surface area contributed by atoms with Gasteiger partial charge in [-0.3, -0.25) is 0 Å². The van der Waals surface area contributed by atoms with Gasteiger partial charge < -0.3 is 13.7 Å². The molecular formula is C54H33NO2. The second kappa shape index (κ2) is 12.5. The number of hydrogen-bond acceptors (Lipinski definition) is 3. The van der Waals surface area contributed by atoms with E-state index in [1.165, 1.54) is 38.1 Å². The van der Waals surface area contributed by atoms with Gasteiger partial charge in [0.25, 0.3) is 0 Å². The molecule has 0 aliphatic carbocycles. The lowest BCUT2D eigenvalue weighted by atomic mass is 9.94. The van der Waals surface area contributed by atoms with Crippen molar-refractivity contribution in [1.82, 2.24) is 0 Å². The normalized spacial score (nSPS) is 11.9. The topological polar surface area (TPSA) is 29.5 Å². The molecule has 0 unspecified atom stereocenters. The minimum Gasteiger partial charge on any atom is -0.456 e. The fourth-order valence-corrected chi connectivity index (χ4v) is 8.91. The summed E-state index contributed by atoms with van der Waals surface area (Å²) < 4.78 is 13.0. The van der Waals surface area contributed by atoms with E-state index in [2.05, 4.69) is 187 Å². The minimum atomic E-state index is 0.856. The van der Waals surface area contributed by atoms with Gasteiger partial charge in [-0.15, -0.1) is 0 Å². The van der Waals surface area contributed by atoms with Crippen molar-refractivity contribution in [1.29, 1.82) is 0 Å². The van der Waals surface area contributed by atoms with Gasteiger partial charge in [0.2, 0.25) is 0 Å². The van der Waals surface area contributed by atoms with Crippen LogP contribution in [0.5, 0.6) is 0 Å². The van der Waals surface area contributed by atoms with Crippen molar-refractivity contribution in [3.63, 3.8) is 0 Å². The molecule has 2 heterocycles. The predicted molar refractivity (Wildman–Crippen MR) is 239 cm³/mol. The van der Waals surface area contributed by atoms with Gasteiger partial charge in [0, 0.05) is 44.7 Å². The van der Waals surface area contributed by atoms with Crippen LogP contribution in [0.2, 0.25) is 0 Å². The summed E-state index contributed by atoms with van der Waals surface area (Å²) in [5.74, 6) is 0. The van der Waals surface area contributed by atoms with Crippen molar-refractivity contribution in [3.05, 3.63) is 200 Å². The smallest absolute Gasteiger partial charge is 0.137 e. The van der Waals surface area contributed by atoms with E-state index in [0.717, 1.165) is 77.5 Å². The number of benzene rings is 10. The Morgan fingerprint density at radius 2 is 0.860 bits per heavy atom. The van der Waals surface area contributed by atoms with Crippen molar-refractivity contribution in [3.8, 4) is 22.3 Å². The van der Waals surface area contributed by atoms with E-state index in [4.69, 9.17) is 8.83 Å². The highest BCUT2D eigenvalue weighted by atomic mass is 16.3. The number of fused-ring (bicyclic) bond motifs is 11. The molecule has 3 heteroatoms. The second-order valence-electron chi connectivity index (χ2n) is 14.9. The highest BCUT2D eigenvalue weighted by Gasteiger charge is 2.20. The summed E-state index contributed by atoms with van der Waals surface area (Å²) in [5.41, 5.74) is 11.3. The van der Waals surface area contributed by atoms with E-state index < -0.39 is 0 Å². The fourth-order valence-electron chi connectivity index (χ4n) is 8.91. The molecule has 0 aliphatic rings. The van der Waals surface area contributed by atoms with Gasteiger partial charge in [0.15, 0.2) is 0 Å². The summed E-state index contributed by atoms with van der Waals surface area (Å²) in [5, 5.41) is 11.8. The molecule has 0 atom stereocenters. The fraction of sp³-hybridized carbons (Fsp3) is 0. The number of nitrogens with zero attached hydrogens (tertiary/aromatic N) is 1. The van der Waals surface area contributed by atoms with E-state index in [0.29, 0.717) is 0 Å². The van der Waals surface area contributed by atoms with Gasteiger partial charge in [-0.25, -0.2) is 0 Å². The first kappa shape index (κ1) is 31.7. The lowest BCUT2D eigenvalue weighted by Crippen LogP contribution is -2.10. The Bertz CT molecular complexity index is 3520. The van der Waals surface area contributed by atoms with Crippen molar-refractivity contribution in [2.24, 2.45) is 0 Å². The third-order valence-corrected chi connectivity index (χ3v) is 11.6. The largest absolute Gasteiger partial charge is 0.456 e. The number of para-hydroxylation sites is 2. The molecule has 0 fully saturated rings. The maximum Gasteiger partial charge on any atom is 0.137 e. The molecule has 2 aromatic heterocycles. The molecule has 57 heavy (non-hydrogen) atoms. The van der Waals surface area contributed by atoms with Gasteiger partial charge in [-0.1, -0.05) is 133 Å². The highest BCUT2D eigenvalue weighted by molar-refractivity contribution is 6.23. The summed E-state index contributed by atoms with van der Waals surface area (Å²) >= 11 is 0. The molecule has 0 aliphatic heterocycles. The molecule has 0 spiro atoms. The van der Waals surface area contributed by atoms with Crippen LogP contribution in [-0.4, -0.2) is 0 Å². The van der Waals surface area contributed by atoms with E-state index in [1.54, 1.807) is 0 Å². The van der Waals surface area contributed by atoms with E-state index in [-0.39, 0.29) is 0 Å². The Balaban J connectivity index is 1.06. The molecule has 0 saturated heterocycles. The number of furan rings is 2. The molecule has 10 aromatic carbocycles. The van der Waals surface area contributed by atoms with E-state index in [9.17, 15) is 0 Å². The first-order valence-corrected chi connectivity index (χ1v) is 19.4. The Morgan fingerprint density at radius 3 is 1.68 bits per heavy atom. The van der Waals surface area contributed by atoms with Gasteiger partial charge in [-0.05, 0) is 115 Å². The van der Waals surface area contributed by atoms with E-state index in [1.807, 2.05) is 18.2 Å². The van der Waals surface area contributed by atoms with Crippen LogP contribution in [-0.2, 0) is 0 Å². The van der Waals surface area contributed by atoms with Crippen LogP contribution in [0.3, 0.4) is 0 Å². The average Bonchev–Trinajstić information content (AvgIpc) is 3.85. The van der Waals surface area contributed by atoms with Crippen LogP contribution in [0.25, 0.3) is 98.4 Å². The van der Waals surface area contributed by atoms with E-state index >= 15 is 0 Å². The zero-order valence-corrected chi connectivity index (χ0v) is 30.8. The maximum atomic E-state index is 6.55. The van der Waals surface area contributed by atoms with Gasteiger partial charge in [0.1, 0.15) is 22.3 Å². The first-order valence-electron chi connectivity index (χ1n) is 19.4. The molecule has 0 N–H and O–H groups in total. The standard InChI is InChI=1S/C54H33NO2/c1-2-10-35(11-3-1)48-33-53-54(46-15-7-9-17-51(46)57-53)49-31-40(26-28-43(48)49)55(41-27-29-45-44-14-6-8-16-50(44)56-52(45)32-41)39-24-22-34(23-25-39)38-21-20-37-19-18-36-12-4-5-13-42(36)47(37)30-38/h1-33H. The molecule has 12 aromatic rings. The summed E-state index contributed by atoms with van der Waals surface area (Å²) in [6.45, 7) is 0. The van der Waals surface area contributed by atoms with Crippen LogP contribution in [0.15, 0.2) is 209 Å². The zero-order chi connectivity index (χ0) is 37.5. The summed E-state index contributed by atoms with van der Waals surface area (Å²) in [4.78, 5) is 2.34. The van der Waals surface area contributed by atoms with Crippen molar-refractivity contribution < 1.29 is 8.83 Å². The maximum absolute atomic E-state index is 6.55. The quantitative estimate of drug-likeness (QED) is 0.165. The third-order valence-electron chi connectivity index (χ3n) is 11.6. The summed E-state index contributed by atoms with van der Waals surface area (Å²) in [6, 6.07) is 71.6. The predicted octanol–water partition coefficient (Wildman–Crippen LogP) is 15.7. The molecule has 266 valence electrons. The Kier molecular flexibility index (Phi) is 6.93. The van der Waals surface area contributed by atoms with Crippen LogP contribution >= 0.6 is 0 Å². The molecule has 0 radical (unpaired) electrons. The highest BCUT2D eigenvalue weighted by Crippen LogP contribution is 2.45. The molecule has 0 amide bonds. The molecule has 0 saturated carbocycles. The average molecular weight is 728 g/mol. The summed E-state index contributed by atoms with van der Waals surface area (Å²) in [7, 11) is 0.